The first-order valence-electron chi connectivity index (χ1n) is 5.65. The third kappa shape index (κ3) is 2.16. The lowest BCUT2D eigenvalue weighted by Crippen LogP contribution is -2.38. The molecular formula is C12H15FN4. The minimum absolute atomic E-state index is 0.209. The Morgan fingerprint density at radius 3 is 2.88 bits per heavy atom. The standard InChI is InChI=1S/C12H15FN4/c13-7-12(3-1-4-12)8-17-10-2-5-16-11(15)9(10)6-14/h2,5H,1,3-4,7-8H2,(H3,15,16,17). The van der Waals surface area contributed by atoms with Crippen LogP contribution in [0.1, 0.15) is 24.8 Å². The van der Waals surface area contributed by atoms with Gasteiger partial charge in [-0.3, -0.25) is 4.39 Å². The number of halogens is 1. The molecule has 0 atom stereocenters. The van der Waals surface area contributed by atoms with Crippen LogP contribution in [-0.2, 0) is 0 Å². The normalized spacial score (nSPS) is 16.9. The molecule has 1 heterocycles. The Morgan fingerprint density at radius 2 is 2.35 bits per heavy atom. The molecule has 3 N–H and O–H groups in total. The number of pyridine rings is 1. The van der Waals surface area contributed by atoms with Crippen LogP contribution in [0.15, 0.2) is 12.3 Å². The predicted molar refractivity (Wildman–Crippen MR) is 64.1 cm³/mol. The molecule has 2 rings (SSSR count). The molecule has 0 amide bonds. The number of hydrogen-bond acceptors (Lipinski definition) is 4. The van der Waals surface area contributed by atoms with Gasteiger partial charge in [0, 0.05) is 18.2 Å². The van der Waals surface area contributed by atoms with Crippen molar-refractivity contribution in [1.29, 1.82) is 5.26 Å². The zero-order chi connectivity index (χ0) is 12.3. The van der Waals surface area contributed by atoms with Gasteiger partial charge >= 0.3 is 0 Å². The molecule has 1 fully saturated rings. The molecule has 4 nitrogen and oxygen atoms in total. The fourth-order valence-corrected chi connectivity index (χ4v) is 2.06. The van der Waals surface area contributed by atoms with E-state index in [9.17, 15) is 4.39 Å². The molecule has 1 aliphatic rings. The van der Waals surface area contributed by atoms with Gasteiger partial charge in [-0.1, -0.05) is 6.42 Å². The Bertz CT molecular complexity index is 443. The Morgan fingerprint density at radius 1 is 1.59 bits per heavy atom. The molecular weight excluding hydrogens is 219 g/mol. The van der Waals surface area contributed by atoms with Crippen LogP contribution < -0.4 is 11.1 Å². The van der Waals surface area contributed by atoms with Crippen molar-refractivity contribution in [3.8, 4) is 6.07 Å². The summed E-state index contributed by atoms with van der Waals surface area (Å²) in [5, 5.41) is 12.1. The van der Waals surface area contributed by atoms with Crippen LogP contribution >= 0.6 is 0 Å². The Hall–Kier alpha value is -1.83. The maximum atomic E-state index is 12.9. The Balaban J connectivity index is 2.09. The predicted octanol–water partition coefficient (Wildman–Crippen LogP) is 2.09. The van der Waals surface area contributed by atoms with Gasteiger partial charge in [-0.2, -0.15) is 5.26 Å². The van der Waals surface area contributed by atoms with Gasteiger partial charge in [-0.15, -0.1) is 0 Å². The topological polar surface area (TPSA) is 74.7 Å². The van der Waals surface area contributed by atoms with Gasteiger partial charge in [-0.25, -0.2) is 4.98 Å². The van der Waals surface area contributed by atoms with E-state index in [0.717, 1.165) is 19.3 Å². The summed E-state index contributed by atoms with van der Waals surface area (Å²) >= 11 is 0. The maximum Gasteiger partial charge on any atom is 0.143 e. The Kier molecular flexibility index (Phi) is 3.14. The molecule has 0 unspecified atom stereocenters. The van der Waals surface area contributed by atoms with E-state index in [-0.39, 0.29) is 17.9 Å². The van der Waals surface area contributed by atoms with Crippen molar-refractivity contribution in [3.63, 3.8) is 0 Å². The van der Waals surface area contributed by atoms with Crippen molar-refractivity contribution in [3.05, 3.63) is 17.8 Å². The van der Waals surface area contributed by atoms with Crippen LogP contribution in [0.5, 0.6) is 0 Å². The lowest BCUT2D eigenvalue weighted by atomic mass is 9.70. The average molecular weight is 234 g/mol. The zero-order valence-corrected chi connectivity index (χ0v) is 9.54. The van der Waals surface area contributed by atoms with Crippen molar-refractivity contribution in [2.75, 3.05) is 24.3 Å². The minimum Gasteiger partial charge on any atom is -0.383 e. The molecule has 0 bridgehead atoms. The maximum absolute atomic E-state index is 12.9. The summed E-state index contributed by atoms with van der Waals surface area (Å²) in [5.41, 5.74) is 6.33. The van der Waals surface area contributed by atoms with Crippen molar-refractivity contribution < 1.29 is 4.39 Å². The monoisotopic (exact) mass is 234 g/mol. The van der Waals surface area contributed by atoms with Crippen LogP contribution in [0, 0.1) is 16.7 Å². The van der Waals surface area contributed by atoms with E-state index >= 15 is 0 Å². The second-order valence-corrected chi connectivity index (χ2v) is 4.57. The summed E-state index contributed by atoms with van der Waals surface area (Å²) < 4.78 is 12.9. The molecule has 0 saturated heterocycles. The second-order valence-electron chi connectivity index (χ2n) is 4.57. The summed E-state index contributed by atoms with van der Waals surface area (Å²) in [7, 11) is 0. The number of nitriles is 1. The molecule has 90 valence electrons. The van der Waals surface area contributed by atoms with Crippen LogP contribution in [0.2, 0.25) is 0 Å². The highest BCUT2D eigenvalue weighted by Gasteiger charge is 2.36. The molecule has 0 aromatic carbocycles. The van der Waals surface area contributed by atoms with Crippen LogP contribution in [-0.4, -0.2) is 18.2 Å². The largest absolute Gasteiger partial charge is 0.383 e. The third-order valence-corrected chi connectivity index (χ3v) is 3.44. The van der Waals surface area contributed by atoms with Gasteiger partial charge in [0.05, 0.1) is 12.4 Å². The fraction of sp³-hybridized carbons (Fsp3) is 0.500. The number of nitrogen functional groups attached to an aromatic ring is 1. The molecule has 5 heteroatoms. The molecule has 0 aliphatic heterocycles. The van der Waals surface area contributed by atoms with Crippen molar-refractivity contribution >= 4 is 11.5 Å². The van der Waals surface area contributed by atoms with E-state index in [1.54, 1.807) is 12.3 Å². The first-order valence-corrected chi connectivity index (χ1v) is 5.65. The summed E-state index contributed by atoms with van der Waals surface area (Å²) in [6, 6.07) is 3.70. The highest BCUT2D eigenvalue weighted by molar-refractivity contribution is 5.66. The highest BCUT2D eigenvalue weighted by atomic mass is 19.1. The molecule has 0 radical (unpaired) electrons. The van der Waals surface area contributed by atoms with Crippen LogP contribution in [0.25, 0.3) is 0 Å². The first kappa shape index (κ1) is 11.6. The van der Waals surface area contributed by atoms with E-state index in [0.29, 0.717) is 17.8 Å². The fourth-order valence-electron chi connectivity index (χ4n) is 2.06. The summed E-state index contributed by atoms with van der Waals surface area (Å²) in [5.74, 6) is 0.209. The average Bonchev–Trinajstić information content (AvgIpc) is 2.28. The van der Waals surface area contributed by atoms with Crippen LogP contribution in [0.3, 0.4) is 0 Å². The van der Waals surface area contributed by atoms with E-state index in [1.807, 2.05) is 6.07 Å². The molecule has 1 aliphatic carbocycles. The lowest BCUT2D eigenvalue weighted by Gasteiger charge is -2.39. The minimum atomic E-state index is -0.317. The van der Waals surface area contributed by atoms with Gasteiger partial charge in [0.25, 0.3) is 0 Å². The number of nitrogens with one attached hydrogen (secondary N) is 1. The molecule has 1 aromatic heterocycles. The quantitative estimate of drug-likeness (QED) is 0.836. The molecule has 1 aromatic rings. The number of anilines is 2. The van der Waals surface area contributed by atoms with Gasteiger partial charge in [0.2, 0.25) is 0 Å². The lowest BCUT2D eigenvalue weighted by molar-refractivity contribution is 0.107. The number of hydrogen-bond donors (Lipinski definition) is 2. The van der Waals surface area contributed by atoms with E-state index in [1.165, 1.54) is 0 Å². The van der Waals surface area contributed by atoms with Gasteiger partial charge < -0.3 is 11.1 Å². The summed E-state index contributed by atoms with van der Waals surface area (Å²) in [6.45, 7) is 0.226. The van der Waals surface area contributed by atoms with E-state index in [2.05, 4.69) is 10.3 Å². The molecule has 1 saturated carbocycles. The van der Waals surface area contributed by atoms with Gasteiger partial charge in [-0.05, 0) is 18.9 Å². The third-order valence-electron chi connectivity index (χ3n) is 3.44. The van der Waals surface area contributed by atoms with Crippen LogP contribution in [0.4, 0.5) is 15.9 Å². The zero-order valence-electron chi connectivity index (χ0n) is 9.54. The number of nitrogens with zero attached hydrogens (tertiary/aromatic N) is 2. The van der Waals surface area contributed by atoms with E-state index < -0.39 is 0 Å². The molecule has 0 spiro atoms. The highest BCUT2D eigenvalue weighted by Crippen LogP contribution is 2.41. The SMILES string of the molecule is N#Cc1c(NCC2(CF)CCC2)ccnc1N. The summed E-state index contributed by atoms with van der Waals surface area (Å²) in [4.78, 5) is 3.85. The van der Waals surface area contributed by atoms with Crippen molar-refractivity contribution in [2.24, 2.45) is 5.41 Å². The van der Waals surface area contributed by atoms with Crippen molar-refractivity contribution in [2.45, 2.75) is 19.3 Å². The second kappa shape index (κ2) is 4.58. The molecule has 17 heavy (non-hydrogen) atoms. The summed E-state index contributed by atoms with van der Waals surface area (Å²) in [6.07, 6.45) is 4.43. The first-order chi connectivity index (χ1) is 8.21. The van der Waals surface area contributed by atoms with Crippen molar-refractivity contribution in [1.82, 2.24) is 4.98 Å². The van der Waals surface area contributed by atoms with Gasteiger partial charge in [0.1, 0.15) is 17.5 Å². The smallest absolute Gasteiger partial charge is 0.143 e. The van der Waals surface area contributed by atoms with Gasteiger partial charge in [0.15, 0.2) is 0 Å². The number of nitrogens with two attached hydrogens (primary N) is 1. The Labute approximate surface area is 99.6 Å². The number of rotatable bonds is 4. The number of aromatic nitrogens is 1. The number of alkyl halides is 1. The van der Waals surface area contributed by atoms with E-state index in [4.69, 9.17) is 11.0 Å².